The van der Waals surface area contributed by atoms with Crippen molar-refractivity contribution in [3.63, 3.8) is 0 Å². The van der Waals surface area contributed by atoms with Crippen molar-refractivity contribution in [2.24, 2.45) is 0 Å². The minimum atomic E-state index is -0.978. The van der Waals surface area contributed by atoms with E-state index < -0.39 is 5.97 Å². The zero-order valence-electron chi connectivity index (χ0n) is 11.9. The highest BCUT2D eigenvalue weighted by atomic mass is 16.5. The fraction of sp³-hybridized carbons (Fsp3) is 0.125. The summed E-state index contributed by atoms with van der Waals surface area (Å²) in [7, 11) is 1.53. The van der Waals surface area contributed by atoms with Crippen LogP contribution in [-0.2, 0) is 6.42 Å². The number of pyridine rings is 1. The van der Waals surface area contributed by atoms with Crippen molar-refractivity contribution in [2.45, 2.75) is 6.42 Å². The van der Waals surface area contributed by atoms with Crippen LogP contribution >= 0.6 is 0 Å². The monoisotopic (exact) mass is 295 g/mol. The van der Waals surface area contributed by atoms with Gasteiger partial charge < -0.3 is 9.84 Å². The van der Waals surface area contributed by atoms with Crippen molar-refractivity contribution in [1.29, 1.82) is 0 Å². The molecular weight excluding hydrogens is 282 g/mol. The smallest absolute Gasteiger partial charge is 0.337 e. The Morgan fingerprint density at radius 2 is 2.05 bits per heavy atom. The first-order valence-electron chi connectivity index (χ1n) is 6.62. The highest BCUT2D eigenvalue weighted by Crippen LogP contribution is 2.18. The van der Waals surface area contributed by atoms with Crippen molar-refractivity contribution < 1.29 is 14.6 Å². The summed E-state index contributed by atoms with van der Waals surface area (Å²) < 4.78 is 5.00. The van der Waals surface area contributed by atoms with E-state index in [4.69, 9.17) is 9.84 Å². The highest BCUT2D eigenvalue weighted by molar-refractivity contribution is 5.87. The molecule has 0 aliphatic heterocycles. The number of fused-ring (bicyclic) bond motifs is 1. The van der Waals surface area contributed by atoms with Gasteiger partial charge in [-0.1, -0.05) is 6.07 Å². The lowest BCUT2D eigenvalue weighted by atomic mass is 10.0. The van der Waals surface area contributed by atoms with Crippen molar-refractivity contribution in [3.8, 4) is 6.01 Å². The number of aromatic nitrogens is 3. The van der Waals surface area contributed by atoms with Gasteiger partial charge in [0.05, 0.1) is 18.2 Å². The van der Waals surface area contributed by atoms with Gasteiger partial charge in [0.1, 0.15) is 0 Å². The second kappa shape index (κ2) is 5.77. The summed E-state index contributed by atoms with van der Waals surface area (Å²) in [4.78, 5) is 23.3. The highest BCUT2D eigenvalue weighted by Gasteiger charge is 2.06. The van der Waals surface area contributed by atoms with Gasteiger partial charge in [-0.25, -0.2) is 9.78 Å². The number of benzene rings is 1. The van der Waals surface area contributed by atoms with Crippen LogP contribution in [0.5, 0.6) is 6.01 Å². The quantitative estimate of drug-likeness (QED) is 0.795. The Hall–Kier alpha value is -3.02. The molecule has 0 atom stereocenters. The predicted octanol–water partition coefficient (Wildman–Crippen LogP) is 2.32. The van der Waals surface area contributed by atoms with Crippen LogP contribution in [0.15, 0.2) is 42.9 Å². The van der Waals surface area contributed by atoms with E-state index in [0.717, 1.165) is 22.0 Å². The lowest BCUT2D eigenvalue weighted by Crippen LogP contribution is -1.99. The third-order valence-electron chi connectivity index (χ3n) is 3.25. The number of carbonyl (C=O) groups is 1. The van der Waals surface area contributed by atoms with E-state index in [-0.39, 0.29) is 5.56 Å². The molecule has 2 heterocycles. The van der Waals surface area contributed by atoms with E-state index in [2.05, 4.69) is 15.0 Å². The molecule has 0 unspecified atom stereocenters. The Morgan fingerprint density at radius 3 is 2.82 bits per heavy atom. The van der Waals surface area contributed by atoms with E-state index in [1.807, 2.05) is 18.2 Å². The second-order valence-corrected chi connectivity index (χ2v) is 4.81. The first-order chi connectivity index (χ1) is 10.7. The number of carboxylic acid groups (broad SMARTS) is 1. The number of methoxy groups -OCH3 is 1. The SMILES string of the molecule is COc1ncc2cc(Cc3cncc(C(=O)O)c3)ccc2n1. The Labute approximate surface area is 126 Å². The molecule has 0 fully saturated rings. The lowest BCUT2D eigenvalue weighted by Gasteiger charge is -2.05. The number of hydrogen-bond donors (Lipinski definition) is 1. The van der Waals surface area contributed by atoms with Crippen LogP contribution in [0.4, 0.5) is 0 Å². The summed E-state index contributed by atoms with van der Waals surface area (Å²) >= 11 is 0. The lowest BCUT2D eigenvalue weighted by molar-refractivity contribution is 0.0696. The minimum Gasteiger partial charge on any atom is -0.478 e. The molecule has 0 radical (unpaired) electrons. The molecule has 1 N–H and O–H groups in total. The van der Waals surface area contributed by atoms with Crippen LogP contribution in [0.3, 0.4) is 0 Å². The van der Waals surface area contributed by atoms with E-state index >= 15 is 0 Å². The van der Waals surface area contributed by atoms with Gasteiger partial charge in [-0.15, -0.1) is 0 Å². The molecule has 0 saturated heterocycles. The fourth-order valence-corrected chi connectivity index (χ4v) is 2.21. The average Bonchev–Trinajstić information content (AvgIpc) is 2.54. The first-order valence-corrected chi connectivity index (χ1v) is 6.62. The summed E-state index contributed by atoms with van der Waals surface area (Å²) in [6.45, 7) is 0. The normalized spacial score (nSPS) is 10.6. The molecule has 1 aromatic carbocycles. The largest absolute Gasteiger partial charge is 0.478 e. The van der Waals surface area contributed by atoms with E-state index in [1.54, 1.807) is 18.5 Å². The zero-order valence-corrected chi connectivity index (χ0v) is 11.9. The van der Waals surface area contributed by atoms with Crippen LogP contribution in [0.2, 0.25) is 0 Å². The number of nitrogens with zero attached hydrogens (tertiary/aromatic N) is 3. The molecule has 0 bridgehead atoms. The second-order valence-electron chi connectivity index (χ2n) is 4.81. The molecule has 0 spiro atoms. The third kappa shape index (κ3) is 2.85. The average molecular weight is 295 g/mol. The minimum absolute atomic E-state index is 0.186. The van der Waals surface area contributed by atoms with E-state index in [0.29, 0.717) is 12.4 Å². The van der Waals surface area contributed by atoms with Gasteiger partial charge in [-0.2, -0.15) is 4.98 Å². The van der Waals surface area contributed by atoms with Crippen molar-refractivity contribution >= 4 is 16.9 Å². The number of rotatable bonds is 4. The van der Waals surface area contributed by atoms with Gasteiger partial charge in [0, 0.05) is 24.0 Å². The molecule has 0 saturated carbocycles. The van der Waals surface area contributed by atoms with Crippen LogP contribution < -0.4 is 4.74 Å². The van der Waals surface area contributed by atoms with Crippen molar-refractivity contribution in [1.82, 2.24) is 15.0 Å². The number of ether oxygens (including phenoxy) is 1. The molecular formula is C16H13N3O3. The number of hydrogen-bond acceptors (Lipinski definition) is 5. The predicted molar refractivity (Wildman–Crippen MR) is 80.1 cm³/mol. The van der Waals surface area contributed by atoms with E-state index in [1.165, 1.54) is 13.3 Å². The summed E-state index contributed by atoms with van der Waals surface area (Å²) in [5.41, 5.74) is 2.86. The molecule has 0 amide bonds. The molecule has 3 rings (SSSR count). The van der Waals surface area contributed by atoms with E-state index in [9.17, 15) is 4.79 Å². The molecule has 6 heteroatoms. The van der Waals surface area contributed by atoms with Crippen LogP contribution in [0.25, 0.3) is 10.9 Å². The molecule has 22 heavy (non-hydrogen) atoms. The van der Waals surface area contributed by atoms with Gasteiger partial charge in [-0.3, -0.25) is 4.98 Å². The molecule has 3 aromatic rings. The standard InChI is InChI=1S/C16H13N3O3/c1-22-16-18-9-12-5-10(2-3-14(12)19-16)4-11-6-13(15(20)21)8-17-7-11/h2-3,5-9H,4H2,1H3,(H,20,21). The Kier molecular flexibility index (Phi) is 3.65. The summed E-state index contributed by atoms with van der Waals surface area (Å²) in [5, 5.41) is 9.90. The van der Waals surface area contributed by atoms with Crippen molar-refractivity contribution in [2.75, 3.05) is 7.11 Å². The Balaban J connectivity index is 1.90. The van der Waals surface area contributed by atoms with Gasteiger partial charge in [-0.05, 0) is 35.7 Å². The molecule has 110 valence electrons. The van der Waals surface area contributed by atoms with Crippen LogP contribution in [0.1, 0.15) is 21.5 Å². The van der Waals surface area contributed by atoms with Crippen molar-refractivity contribution in [3.05, 3.63) is 59.5 Å². The summed E-state index contributed by atoms with van der Waals surface area (Å²) in [5.74, 6) is -0.978. The number of aromatic carboxylic acids is 1. The maximum atomic E-state index is 11.0. The molecule has 0 aliphatic carbocycles. The zero-order chi connectivity index (χ0) is 15.5. The molecule has 2 aromatic heterocycles. The maximum Gasteiger partial charge on any atom is 0.337 e. The van der Waals surface area contributed by atoms with Gasteiger partial charge in [0.2, 0.25) is 0 Å². The summed E-state index contributed by atoms with van der Waals surface area (Å²) in [6, 6.07) is 7.77. The fourth-order valence-electron chi connectivity index (χ4n) is 2.21. The van der Waals surface area contributed by atoms with Gasteiger partial charge in [0.25, 0.3) is 0 Å². The Bertz CT molecular complexity index is 849. The van der Waals surface area contributed by atoms with Crippen LogP contribution in [0, 0.1) is 0 Å². The van der Waals surface area contributed by atoms with Crippen LogP contribution in [-0.4, -0.2) is 33.1 Å². The molecule has 6 nitrogen and oxygen atoms in total. The first kappa shape index (κ1) is 13.9. The maximum absolute atomic E-state index is 11.0. The molecule has 0 aliphatic rings. The van der Waals surface area contributed by atoms with Gasteiger partial charge in [0.15, 0.2) is 0 Å². The Morgan fingerprint density at radius 1 is 1.18 bits per heavy atom. The van der Waals surface area contributed by atoms with Gasteiger partial charge >= 0.3 is 12.0 Å². The topological polar surface area (TPSA) is 85.2 Å². The third-order valence-corrected chi connectivity index (χ3v) is 3.25. The summed E-state index contributed by atoms with van der Waals surface area (Å²) in [6.07, 6.45) is 5.31. The number of carboxylic acids is 1.